The molecular weight excluding hydrogens is 664 g/mol. The van der Waals surface area contributed by atoms with Crippen molar-refractivity contribution in [3.8, 4) is 28.5 Å². The number of halogens is 1. The Morgan fingerprint density at radius 1 is 0.635 bits per heavy atom. The van der Waals surface area contributed by atoms with Crippen molar-refractivity contribution in [1.82, 2.24) is 19.5 Å². The number of hydrogen-bond acceptors (Lipinski definition) is 5. The highest BCUT2D eigenvalue weighted by Gasteiger charge is 2.23. The molecule has 0 radical (unpaired) electrons. The first-order valence-corrected chi connectivity index (χ1v) is 18.0. The van der Waals surface area contributed by atoms with E-state index in [1.807, 2.05) is 79.7 Å². The summed E-state index contributed by atoms with van der Waals surface area (Å²) in [6.07, 6.45) is 1.98. The molecule has 10 rings (SSSR count). The Labute approximate surface area is 302 Å². The van der Waals surface area contributed by atoms with E-state index in [9.17, 15) is 4.39 Å². The Balaban J connectivity index is 1.15. The molecule has 0 atom stereocenters. The van der Waals surface area contributed by atoms with E-state index < -0.39 is 6.67 Å². The predicted molar refractivity (Wildman–Crippen MR) is 212 cm³/mol. The molecule has 5 nitrogen and oxygen atoms in total. The number of allylic oxidation sites excluding steroid dienone is 1. The zero-order valence-electron chi connectivity index (χ0n) is 28.0. The fraction of sp³-hybridized carbons (Fsp3) is 0.0444. The van der Waals surface area contributed by atoms with Crippen LogP contribution in [-0.4, -0.2) is 19.5 Å². The quantitative estimate of drug-likeness (QED) is 0.174. The minimum Gasteiger partial charge on any atom is -0.456 e. The van der Waals surface area contributed by atoms with Gasteiger partial charge in [-0.1, -0.05) is 103 Å². The van der Waals surface area contributed by atoms with Gasteiger partial charge in [-0.25, -0.2) is 19.3 Å². The Morgan fingerprint density at radius 2 is 1.23 bits per heavy atom. The van der Waals surface area contributed by atoms with Crippen molar-refractivity contribution >= 4 is 70.7 Å². The minimum absolute atomic E-state index is 0.498. The number of fused-ring (bicyclic) bond motifs is 7. The first-order valence-electron chi connectivity index (χ1n) is 17.2. The average Bonchev–Trinajstić information content (AvgIpc) is 3.86. The minimum atomic E-state index is -0.613. The van der Waals surface area contributed by atoms with Crippen LogP contribution in [0.5, 0.6) is 0 Å². The maximum Gasteiger partial charge on any atom is 0.164 e. The van der Waals surface area contributed by atoms with E-state index in [0.717, 1.165) is 71.0 Å². The zero-order valence-corrected chi connectivity index (χ0v) is 28.9. The molecule has 4 heterocycles. The monoisotopic (exact) mass is 692 g/mol. The van der Waals surface area contributed by atoms with Crippen LogP contribution in [0.25, 0.3) is 87.9 Å². The summed E-state index contributed by atoms with van der Waals surface area (Å²) in [4.78, 5) is 15.5. The molecule has 0 N–H and O–H groups in total. The fourth-order valence-electron chi connectivity index (χ4n) is 7.45. The third-order valence-electron chi connectivity index (χ3n) is 9.80. The highest BCUT2D eigenvalue weighted by molar-refractivity contribution is 7.19. The summed E-state index contributed by atoms with van der Waals surface area (Å²) >= 11 is 1.44. The Kier molecular flexibility index (Phi) is 7.08. The predicted octanol–water partition coefficient (Wildman–Crippen LogP) is 12.3. The summed E-state index contributed by atoms with van der Waals surface area (Å²) in [5, 5.41) is 5.34. The number of rotatable bonds is 6. The molecule has 0 fully saturated rings. The Hall–Kier alpha value is -6.44. The molecule has 0 spiro atoms. The molecule has 6 aromatic carbocycles. The van der Waals surface area contributed by atoms with Gasteiger partial charge in [0, 0.05) is 70.5 Å². The first-order chi connectivity index (χ1) is 25.7. The molecule has 248 valence electrons. The lowest BCUT2D eigenvalue weighted by Crippen LogP contribution is -2.04. The van der Waals surface area contributed by atoms with Crippen LogP contribution >= 0.6 is 11.3 Å². The number of para-hydroxylation sites is 2. The van der Waals surface area contributed by atoms with Crippen molar-refractivity contribution in [3.63, 3.8) is 0 Å². The number of aromatic nitrogens is 4. The standard InChI is InChI=1S/C45H29FN4OS/c1-2-30(45-48-43(27-13-5-3-6-14-27)47-44(49-45)28-15-7-4-8-16-28)42-35-24-34-33-22-21-29(23-38(33)51-39(34)25-40(35)52-41(42)26-46)50-36-19-11-9-17-31(36)32-18-10-12-20-37(32)50/h2-25H,26H2,1H3/b30-2+. The van der Waals surface area contributed by atoms with Crippen LogP contribution in [0.2, 0.25) is 0 Å². The number of hydrogen-bond donors (Lipinski definition) is 0. The summed E-state index contributed by atoms with van der Waals surface area (Å²) in [5.41, 5.74) is 8.20. The number of benzene rings is 6. The van der Waals surface area contributed by atoms with Crippen LogP contribution in [-0.2, 0) is 6.67 Å². The molecule has 0 saturated carbocycles. The van der Waals surface area contributed by atoms with Gasteiger partial charge in [0.2, 0.25) is 0 Å². The number of nitrogens with zero attached hydrogens (tertiary/aromatic N) is 4. The fourth-order valence-corrected chi connectivity index (χ4v) is 8.53. The second-order valence-electron chi connectivity index (χ2n) is 12.8. The zero-order chi connectivity index (χ0) is 34.8. The normalized spacial score (nSPS) is 12.2. The lowest BCUT2D eigenvalue weighted by molar-refractivity contribution is 0.491. The van der Waals surface area contributed by atoms with Gasteiger partial charge in [0.05, 0.1) is 11.0 Å². The van der Waals surface area contributed by atoms with Crippen molar-refractivity contribution in [3.05, 3.63) is 162 Å². The summed E-state index contributed by atoms with van der Waals surface area (Å²) < 4.78 is 24.8. The van der Waals surface area contributed by atoms with Crippen molar-refractivity contribution in [1.29, 1.82) is 0 Å². The van der Waals surface area contributed by atoms with E-state index in [-0.39, 0.29) is 0 Å². The lowest BCUT2D eigenvalue weighted by atomic mass is 9.99. The molecule has 4 aromatic heterocycles. The molecule has 0 unspecified atom stereocenters. The third-order valence-corrected chi connectivity index (χ3v) is 10.9. The van der Waals surface area contributed by atoms with E-state index in [2.05, 4.69) is 77.4 Å². The largest absolute Gasteiger partial charge is 0.456 e. The average molecular weight is 693 g/mol. The van der Waals surface area contributed by atoms with Crippen LogP contribution in [0.1, 0.15) is 23.2 Å². The van der Waals surface area contributed by atoms with Gasteiger partial charge < -0.3 is 8.98 Å². The summed E-state index contributed by atoms with van der Waals surface area (Å²) in [5.74, 6) is 1.62. The van der Waals surface area contributed by atoms with Crippen molar-refractivity contribution in [2.45, 2.75) is 13.6 Å². The van der Waals surface area contributed by atoms with Gasteiger partial charge in [-0.2, -0.15) is 0 Å². The molecule has 0 aliphatic carbocycles. The molecule has 0 bridgehead atoms. The van der Waals surface area contributed by atoms with E-state index >= 15 is 0 Å². The molecule has 0 aliphatic rings. The second kappa shape index (κ2) is 12.1. The van der Waals surface area contributed by atoms with Crippen LogP contribution in [0.3, 0.4) is 0 Å². The van der Waals surface area contributed by atoms with Crippen molar-refractivity contribution < 1.29 is 8.81 Å². The number of furan rings is 1. The van der Waals surface area contributed by atoms with Crippen LogP contribution in [0, 0.1) is 0 Å². The molecule has 10 aromatic rings. The topological polar surface area (TPSA) is 56.7 Å². The molecule has 7 heteroatoms. The number of thiophene rings is 1. The SMILES string of the molecule is C/C=C(/c1nc(-c2ccccc2)nc(-c2ccccc2)n1)c1c(CF)sc2cc3oc4cc(-n5c6ccccc6c6ccccc65)ccc4c3cc12. The smallest absolute Gasteiger partial charge is 0.164 e. The summed E-state index contributed by atoms with van der Waals surface area (Å²) in [7, 11) is 0. The van der Waals surface area contributed by atoms with E-state index in [1.54, 1.807) is 0 Å². The van der Waals surface area contributed by atoms with Gasteiger partial charge in [-0.05, 0) is 43.3 Å². The maximum atomic E-state index is 15.0. The molecule has 0 aliphatic heterocycles. The van der Waals surface area contributed by atoms with Crippen LogP contribution in [0.4, 0.5) is 4.39 Å². The summed E-state index contributed by atoms with van der Waals surface area (Å²) in [6, 6.07) is 47.4. The molecule has 52 heavy (non-hydrogen) atoms. The second-order valence-corrected chi connectivity index (χ2v) is 13.9. The Morgan fingerprint density at radius 3 is 1.85 bits per heavy atom. The van der Waals surface area contributed by atoms with Gasteiger partial charge >= 0.3 is 0 Å². The van der Waals surface area contributed by atoms with E-state index in [0.29, 0.717) is 22.4 Å². The van der Waals surface area contributed by atoms with E-state index in [4.69, 9.17) is 19.4 Å². The highest BCUT2D eigenvalue weighted by Crippen LogP contribution is 2.43. The molecule has 0 saturated heterocycles. The van der Waals surface area contributed by atoms with Gasteiger partial charge in [0.1, 0.15) is 17.8 Å². The van der Waals surface area contributed by atoms with Gasteiger partial charge in [0.25, 0.3) is 0 Å². The van der Waals surface area contributed by atoms with Gasteiger partial charge in [0.15, 0.2) is 17.5 Å². The highest BCUT2D eigenvalue weighted by atomic mass is 32.1. The van der Waals surface area contributed by atoms with E-state index in [1.165, 1.54) is 22.1 Å². The van der Waals surface area contributed by atoms with Crippen LogP contribution < -0.4 is 0 Å². The van der Waals surface area contributed by atoms with Crippen LogP contribution in [0.15, 0.2) is 150 Å². The maximum absolute atomic E-state index is 15.0. The van der Waals surface area contributed by atoms with Crippen molar-refractivity contribution in [2.24, 2.45) is 0 Å². The molecule has 0 amide bonds. The lowest BCUT2D eigenvalue weighted by Gasteiger charge is -2.12. The van der Waals surface area contributed by atoms with Gasteiger partial charge in [-0.15, -0.1) is 11.3 Å². The van der Waals surface area contributed by atoms with Gasteiger partial charge in [-0.3, -0.25) is 0 Å². The summed E-state index contributed by atoms with van der Waals surface area (Å²) in [6.45, 7) is 1.34. The molecular formula is C45H29FN4OS. The van der Waals surface area contributed by atoms with Crippen molar-refractivity contribution in [2.75, 3.05) is 0 Å². The number of alkyl halides is 1. The Bertz CT molecular complexity index is 2900. The third kappa shape index (κ3) is 4.77. The first kappa shape index (κ1) is 30.4.